The molecule has 1 N–H and O–H groups in total. The monoisotopic (exact) mass is 341 g/mol. The molecule has 2 heterocycles. The smallest absolute Gasteiger partial charge is 0.276 e. The van der Waals surface area contributed by atoms with E-state index in [-0.39, 0.29) is 11.8 Å². The predicted molar refractivity (Wildman–Crippen MR) is 92.8 cm³/mol. The molecule has 122 valence electrons. The fraction of sp³-hybridized carbons (Fsp3) is 0.222. The number of nitrogens with one attached hydrogen (secondary N) is 1. The summed E-state index contributed by atoms with van der Waals surface area (Å²) in [5.41, 5.74) is 4.37. The first-order chi connectivity index (χ1) is 11.5. The highest BCUT2D eigenvalue weighted by Gasteiger charge is 2.53. The molecule has 1 atom stereocenters. The first kappa shape index (κ1) is 15.0. The van der Waals surface area contributed by atoms with E-state index in [9.17, 15) is 9.59 Å². The van der Waals surface area contributed by atoms with Crippen molar-refractivity contribution >= 4 is 34.8 Å². The second kappa shape index (κ2) is 5.24. The average molecular weight is 342 g/mol. The van der Waals surface area contributed by atoms with Crippen LogP contribution in [0.3, 0.4) is 0 Å². The summed E-state index contributed by atoms with van der Waals surface area (Å²) in [6.07, 6.45) is 0.989. The molecule has 2 amide bonds. The van der Waals surface area contributed by atoms with Gasteiger partial charge < -0.3 is 0 Å². The van der Waals surface area contributed by atoms with Crippen LogP contribution in [0.15, 0.2) is 48.5 Å². The Labute approximate surface area is 144 Å². The Balaban J connectivity index is 1.80. The lowest BCUT2D eigenvalue weighted by atomic mass is 10.0. The molecule has 0 radical (unpaired) electrons. The van der Waals surface area contributed by atoms with Crippen molar-refractivity contribution in [2.45, 2.75) is 25.4 Å². The number of halogens is 1. The van der Waals surface area contributed by atoms with Crippen LogP contribution in [0.25, 0.3) is 0 Å². The van der Waals surface area contributed by atoms with Gasteiger partial charge in [0.2, 0.25) is 5.91 Å². The summed E-state index contributed by atoms with van der Waals surface area (Å²) in [5.74, 6) is -0.116. The number of carbonyl (C=O) groups is 2. The predicted octanol–water partition coefficient (Wildman–Crippen LogP) is 3.67. The second-order valence-electron chi connectivity index (χ2n) is 6.22. The van der Waals surface area contributed by atoms with Gasteiger partial charge in [-0.2, -0.15) is 0 Å². The van der Waals surface area contributed by atoms with E-state index in [1.165, 1.54) is 0 Å². The number of nitrogens with zero attached hydrogens (tertiary/aromatic N) is 2. The summed E-state index contributed by atoms with van der Waals surface area (Å²) < 4.78 is 0. The van der Waals surface area contributed by atoms with Crippen LogP contribution in [0.4, 0.5) is 11.4 Å². The zero-order valence-electron chi connectivity index (χ0n) is 13.1. The van der Waals surface area contributed by atoms with Gasteiger partial charge >= 0.3 is 0 Å². The Morgan fingerprint density at radius 3 is 2.54 bits per heavy atom. The van der Waals surface area contributed by atoms with Gasteiger partial charge in [-0.15, -0.1) is 0 Å². The first-order valence-corrected chi connectivity index (χ1v) is 8.17. The number of fused-ring (bicyclic) bond motifs is 3. The van der Waals surface area contributed by atoms with E-state index in [4.69, 9.17) is 11.6 Å². The van der Waals surface area contributed by atoms with Gasteiger partial charge in [-0.1, -0.05) is 23.7 Å². The van der Waals surface area contributed by atoms with Gasteiger partial charge in [0.25, 0.3) is 5.91 Å². The van der Waals surface area contributed by atoms with Crippen LogP contribution in [0, 0.1) is 0 Å². The number of para-hydroxylation sites is 1. The molecule has 2 aromatic rings. The van der Waals surface area contributed by atoms with Crippen LogP contribution in [0.5, 0.6) is 0 Å². The molecular formula is C18H16ClN3O2. The van der Waals surface area contributed by atoms with Crippen LogP contribution in [0.2, 0.25) is 5.02 Å². The number of amides is 2. The van der Waals surface area contributed by atoms with Gasteiger partial charge in [0, 0.05) is 17.9 Å². The van der Waals surface area contributed by atoms with E-state index in [2.05, 4.69) is 5.43 Å². The van der Waals surface area contributed by atoms with Crippen LogP contribution in [-0.4, -0.2) is 22.5 Å². The highest BCUT2D eigenvalue weighted by atomic mass is 35.5. The molecule has 5 nitrogen and oxygen atoms in total. The number of benzene rings is 2. The molecule has 0 aliphatic carbocycles. The molecule has 2 aliphatic heterocycles. The van der Waals surface area contributed by atoms with Crippen LogP contribution in [0.1, 0.15) is 30.1 Å². The lowest BCUT2D eigenvalue weighted by Crippen LogP contribution is -2.64. The molecule has 1 saturated heterocycles. The highest BCUT2D eigenvalue weighted by Crippen LogP contribution is 2.43. The molecule has 0 aromatic heterocycles. The van der Waals surface area contributed by atoms with Crippen molar-refractivity contribution in [1.29, 1.82) is 0 Å². The molecule has 4 rings (SSSR count). The van der Waals surface area contributed by atoms with Crippen molar-refractivity contribution in [2.24, 2.45) is 0 Å². The Hall–Kier alpha value is -2.53. The number of rotatable bonds is 2. The summed E-state index contributed by atoms with van der Waals surface area (Å²) >= 11 is 5.92. The Bertz CT molecular complexity index is 836. The molecule has 2 aliphatic rings. The van der Waals surface area contributed by atoms with Crippen LogP contribution in [-0.2, 0) is 4.79 Å². The third-order valence-electron chi connectivity index (χ3n) is 4.69. The maximum absolute atomic E-state index is 13.0. The summed E-state index contributed by atoms with van der Waals surface area (Å²) in [5, 5.41) is 2.18. The number of hydrogen-bond donors (Lipinski definition) is 1. The summed E-state index contributed by atoms with van der Waals surface area (Å²) in [7, 11) is 0. The Morgan fingerprint density at radius 1 is 1.08 bits per heavy atom. The van der Waals surface area contributed by atoms with E-state index in [0.29, 0.717) is 29.1 Å². The molecule has 6 heteroatoms. The quantitative estimate of drug-likeness (QED) is 0.906. The molecule has 1 fully saturated rings. The van der Waals surface area contributed by atoms with E-state index in [1.54, 1.807) is 46.3 Å². The molecule has 0 saturated carbocycles. The Morgan fingerprint density at radius 2 is 1.79 bits per heavy atom. The molecule has 0 spiro atoms. The number of hydrogen-bond acceptors (Lipinski definition) is 3. The van der Waals surface area contributed by atoms with E-state index < -0.39 is 5.66 Å². The fourth-order valence-corrected chi connectivity index (χ4v) is 3.58. The molecular weight excluding hydrogens is 326 g/mol. The minimum Gasteiger partial charge on any atom is -0.294 e. The van der Waals surface area contributed by atoms with Crippen molar-refractivity contribution in [1.82, 2.24) is 5.01 Å². The lowest BCUT2D eigenvalue weighted by molar-refractivity contribution is -0.117. The van der Waals surface area contributed by atoms with Crippen molar-refractivity contribution in [2.75, 3.05) is 10.3 Å². The minimum absolute atomic E-state index is 0.0281. The largest absolute Gasteiger partial charge is 0.294 e. The zero-order chi connectivity index (χ0) is 16.9. The van der Waals surface area contributed by atoms with Gasteiger partial charge in [0.15, 0.2) is 0 Å². The van der Waals surface area contributed by atoms with E-state index in [0.717, 1.165) is 5.69 Å². The standard InChI is InChI=1S/C18H16ClN3O2/c1-18-11-10-16(23)21(18)15-5-3-2-4-14(15)17(24)22(18)20-13-8-6-12(19)7-9-13/h2-9,20H,10-11H2,1H3. The van der Waals surface area contributed by atoms with Crippen molar-refractivity contribution in [3.8, 4) is 0 Å². The van der Waals surface area contributed by atoms with Gasteiger partial charge in [-0.05, 0) is 43.3 Å². The topological polar surface area (TPSA) is 52.7 Å². The summed E-state index contributed by atoms with van der Waals surface area (Å²) in [6, 6.07) is 14.4. The van der Waals surface area contributed by atoms with Crippen molar-refractivity contribution in [3.63, 3.8) is 0 Å². The van der Waals surface area contributed by atoms with Gasteiger partial charge in [-0.25, -0.2) is 5.01 Å². The maximum Gasteiger partial charge on any atom is 0.276 e. The lowest BCUT2D eigenvalue weighted by Gasteiger charge is -2.48. The average Bonchev–Trinajstić information content (AvgIpc) is 2.89. The van der Waals surface area contributed by atoms with Gasteiger partial charge in [0.1, 0.15) is 5.66 Å². The third-order valence-corrected chi connectivity index (χ3v) is 4.94. The SMILES string of the molecule is CC12CCC(=O)N1c1ccccc1C(=O)N2Nc1ccc(Cl)cc1. The van der Waals surface area contributed by atoms with E-state index >= 15 is 0 Å². The molecule has 2 aromatic carbocycles. The fourth-order valence-electron chi connectivity index (χ4n) is 3.46. The normalized spacial score (nSPS) is 22.4. The van der Waals surface area contributed by atoms with Crippen LogP contribution >= 0.6 is 11.6 Å². The third kappa shape index (κ3) is 2.08. The first-order valence-electron chi connectivity index (χ1n) is 7.79. The molecule has 0 bridgehead atoms. The van der Waals surface area contributed by atoms with E-state index in [1.807, 2.05) is 19.1 Å². The number of anilines is 2. The van der Waals surface area contributed by atoms with Gasteiger partial charge in [0.05, 0.1) is 16.9 Å². The number of carbonyl (C=O) groups excluding carboxylic acids is 2. The zero-order valence-corrected chi connectivity index (χ0v) is 13.9. The Kier molecular flexibility index (Phi) is 3.28. The molecule has 1 unspecified atom stereocenters. The van der Waals surface area contributed by atoms with Crippen molar-refractivity contribution < 1.29 is 9.59 Å². The maximum atomic E-state index is 13.0. The molecule has 24 heavy (non-hydrogen) atoms. The van der Waals surface area contributed by atoms with Crippen LogP contribution < -0.4 is 10.3 Å². The summed E-state index contributed by atoms with van der Waals surface area (Å²) in [6.45, 7) is 1.91. The number of hydrazine groups is 1. The van der Waals surface area contributed by atoms with Crippen molar-refractivity contribution in [3.05, 3.63) is 59.1 Å². The minimum atomic E-state index is -0.734. The van der Waals surface area contributed by atoms with Gasteiger partial charge in [-0.3, -0.25) is 19.9 Å². The summed E-state index contributed by atoms with van der Waals surface area (Å²) in [4.78, 5) is 27.2. The second-order valence-corrected chi connectivity index (χ2v) is 6.66. The highest BCUT2D eigenvalue weighted by molar-refractivity contribution is 6.30.